The van der Waals surface area contributed by atoms with Crippen molar-refractivity contribution in [2.24, 2.45) is 5.92 Å². The number of hydrogen-bond donors (Lipinski definition) is 1. The van der Waals surface area contributed by atoms with Crippen molar-refractivity contribution < 1.29 is 9.53 Å². The fraction of sp³-hybridized carbons (Fsp3) is 0.409. The second kappa shape index (κ2) is 10.7. The molecule has 0 unspecified atom stereocenters. The Kier molecular flexibility index (Phi) is 8.32. The molecule has 0 atom stereocenters. The zero-order chi connectivity index (χ0) is 18.8. The van der Waals surface area contributed by atoms with Crippen LogP contribution in [-0.2, 0) is 17.8 Å². The van der Waals surface area contributed by atoms with Crippen LogP contribution in [0.5, 0.6) is 0 Å². The van der Waals surface area contributed by atoms with Crippen molar-refractivity contribution in [1.82, 2.24) is 10.2 Å². The fourth-order valence-electron chi connectivity index (χ4n) is 2.74. The lowest BCUT2D eigenvalue weighted by atomic mass is 10.1. The van der Waals surface area contributed by atoms with Crippen LogP contribution in [0.1, 0.15) is 35.3 Å². The maximum absolute atomic E-state index is 12.3. The summed E-state index contributed by atoms with van der Waals surface area (Å²) < 4.78 is 5.26. The first-order valence-electron chi connectivity index (χ1n) is 9.21. The Bertz CT molecular complexity index is 671. The number of amides is 1. The van der Waals surface area contributed by atoms with Gasteiger partial charge in [-0.05, 0) is 29.2 Å². The molecule has 4 heteroatoms. The van der Waals surface area contributed by atoms with Gasteiger partial charge < -0.3 is 10.1 Å². The quantitative estimate of drug-likeness (QED) is 0.707. The third kappa shape index (κ3) is 6.98. The summed E-state index contributed by atoms with van der Waals surface area (Å²) in [5.41, 5.74) is 3.12. The Morgan fingerprint density at radius 1 is 1.04 bits per heavy atom. The molecule has 0 bridgehead atoms. The van der Waals surface area contributed by atoms with Gasteiger partial charge in [-0.2, -0.15) is 0 Å². The predicted molar refractivity (Wildman–Crippen MR) is 106 cm³/mol. The van der Waals surface area contributed by atoms with E-state index in [4.69, 9.17) is 4.74 Å². The van der Waals surface area contributed by atoms with Crippen LogP contribution in [0, 0.1) is 5.92 Å². The van der Waals surface area contributed by atoms with Gasteiger partial charge in [-0.3, -0.25) is 9.69 Å². The minimum absolute atomic E-state index is 0.00736. The number of carbonyl (C=O) groups excluding carboxylic acids is 1. The van der Waals surface area contributed by atoms with Crippen LogP contribution in [0.25, 0.3) is 0 Å². The molecule has 2 aromatic carbocycles. The molecule has 0 spiro atoms. The molecule has 0 saturated heterocycles. The summed E-state index contributed by atoms with van der Waals surface area (Å²) in [7, 11) is 1.72. The molecule has 4 nitrogen and oxygen atoms in total. The average molecular weight is 354 g/mol. The van der Waals surface area contributed by atoms with Gasteiger partial charge in [-0.1, -0.05) is 56.3 Å². The third-order valence-electron chi connectivity index (χ3n) is 4.13. The topological polar surface area (TPSA) is 41.6 Å². The van der Waals surface area contributed by atoms with E-state index in [2.05, 4.69) is 54.4 Å². The standard InChI is InChI=1S/C22H30N2O2/c1-18(2)15-23-22(25)21-11-7-10-20(14-21)17-24(12-13-26-3)16-19-8-5-4-6-9-19/h4-11,14,18H,12-13,15-17H2,1-3H3,(H,23,25). The van der Waals surface area contributed by atoms with E-state index in [1.807, 2.05) is 24.3 Å². The summed E-state index contributed by atoms with van der Waals surface area (Å²) in [5, 5.41) is 2.98. The summed E-state index contributed by atoms with van der Waals surface area (Å²) in [4.78, 5) is 14.6. The number of nitrogens with one attached hydrogen (secondary N) is 1. The van der Waals surface area contributed by atoms with Crippen molar-refractivity contribution in [2.75, 3.05) is 26.8 Å². The van der Waals surface area contributed by atoms with Crippen molar-refractivity contribution in [1.29, 1.82) is 0 Å². The Hall–Kier alpha value is -2.17. The minimum Gasteiger partial charge on any atom is -0.383 e. The van der Waals surface area contributed by atoms with E-state index in [1.54, 1.807) is 7.11 Å². The molecule has 0 saturated carbocycles. The largest absolute Gasteiger partial charge is 0.383 e. The van der Waals surface area contributed by atoms with E-state index < -0.39 is 0 Å². The van der Waals surface area contributed by atoms with Crippen LogP contribution in [0.4, 0.5) is 0 Å². The molecule has 2 rings (SSSR count). The SMILES string of the molecule is COCCN(Cc1ccccc1)Cc1cccc(C(=O)NCC(C)C)c1. The molecule has 140 valence electrons. The summed E-state index contributed by atoms with van der Waals surface area (Å²) in [6.45, 7) is 8.03. The maximum Gasteiger partial charge on any atom is 0.251 e. The summed E-state index contributed by atoms with van der Waals surface area (Å²) in [6, 6.07) is 18.3. The number of carbonyl (C=O) groups is 1. The highest BCUT2D eigenvalue weighted by atomic mass is 16.5. The Balaban J connectivity index is 2.04. The number of benzene rings is 2. The summed E-state index contributed by atoms with van der Waals surface area (Å²) >= 11 is 0. The Morgan fingerprint density at radius 2 is 1.73 bits per heavy atom. The van der Waals surface area contributed by atoms with Crippen LogP contribution >= 0.6 is 0 Å². The molecule has 26 heavy (non-hydrogen) atoms. The number of rotatable bonds is 10. The lowest BCUT2D eigenvalue weighted by Crippen LogP contribution is -2.28. The molecule has 0 radical (unpaired) electrons. The first-order valence-corrected chi connectivity index (χ1v) is 9.21. The molecule has 1 amide bonds. The van der Waals surface area contributed by atoms with Crippen LogP contribution < -0.4 is 5.32 Å². The van der Waals surface area contributed by atoms with E-state index in [0.717, 1.165) is 30.8 Å². The van der Waals surface area contributed by atoms with Crippen LogP contribution in [-0.4, -0.2) is 37.6 Å². The van der Waals surface area contributed by atoms with E-state index in [1.165, 1.54) is 5.56 Å². The third-order valence-corrected chi connectivity index (χ3v) is 4.13. The lowest BCUT2D eigenvalue weighted by Gasteiger charge is -2.22. The van der Waals surface area contributed by atoms with Crippen LogP contribution in [0.2, 0.25) is 0 Å². The Morgan fingerprint density at radius 3 is 2.42 bits per heavy atom. The first-order chi connectivity index (χ1) is 12.6. The van der Waals surface area contributed by atoms with Gasteiger partial charge in [0.1, 0.15) is 0 Å². The number of methoxy groups -OCH3 is 1. The minimum atomic E-state index is -0.00736. The van der Waals surface area contributed by atoms with Gasteiger partial charge in [0.2, 0.25) is 0 Å². The number of ether oxygens (including phenoxy) is 1. The van der Waals surface area contributed by atoms with E-state index >= 15 is 0 Å². The summed E-state index contributed by atoms with van der Waals surface area (Å²) in [5.74, 6) is 0.435. The van der Waals surface area contributed by atoms with Crippen LogP contribution in [0.15, 0.2) is 54.6 Å². The first kappa shape index (κ1) is 20.1. The van der Waals surface area contributed by atoms with Gasteiger partial charge in [0.15, 0.2) is 0 Å². The van der Waals surface area contributed by atoms with Crippen molar-refractivity contribution in [3.8, 4) is 0 Å². The molecule has 0 fully saturated rings. The average Bonchev–Trinajstić information content (AvgIpc) is 2.65. The maximum atomic E-state index is 12.3. The number of hydrogen-bond acceptors (Lipinski definition) is 3. The van der Waals surface area contributed by atoms with Crippen molar-refractivity contribution in [3.63, 3.8) is 0 Å². The number of nitrogens with zero attached hydrogens (tertiary/aromatic N) is 1. The molecular formula is C22H30N2O2. The van der Waals surface area contributed by atoms with Gasteiger partial charge in [0.05, 0.1) is 6.61 Å². The van der Waals surface area contributed by atoms with Crippen LogP contribution in [0.3, 0.4) is 0 Å². The predicted octanol–water partition coefficient (Wildman–Crippen LogP) is 3.72. The smallest absolute Gasteiger partial charge is 0.251 e. The zero-order valence-corrected chi connectivity index (χ0v) is 16.1. The van der Waals surface area contributed by atoms with Crippen molar-refractivity contribution in [3.05, 3.63) is 71.3 Å². The van der Waals surface area contributed by atoms with Gasteiger partial charge in [-0.25, -0.2) is 0 Å². The van der Waals surface area contributed by atoms with E-state index in [9.17, 15) is 4.79 Å². The molecular weight excluding hydrogens is 324 g/mol. The van der Waals surface area contributed by atoms with Gasteiger partial charge in [0.25, 0.3) is 5.91 Å². The van der Waals surface area contributed by atoms with E-state index in [0.29, 0.717) is 19.1 Å². The van der Waals surface area contributed by atoms with Gasteiger partial charge in [-0.15, -0.1) is 0 Å². The highest BCUT2D eigenvalue weighted by Crippen LogP contribution is 2.12. The second-order valence-corrected chi connectivity index (χ2v) is 6.99. The summed E-state index contributed by atoms with van der Waals surface area (Å²) in [6.07, 6.45) is 0. The second-order valence-electron chi connectivity index (χ2n) is 6.99. The molecule has 0 aromatic heterocycles. The van der Waals surface area contributed by atoms with Gasteiger partial charge in [0, 0.05) is 38.9 Å². The molecule has 2 aromatic rings. The van der Waals surface area contributed by atoms with Crippen molar-refractivity contribution in [2.45, 2.75) is 26.9 Å². The monoisotopic (exact) mass is 354 g/mol. The van der Waals surface area contributed by atoms with E-state index in [-0.39, 0.29) is 5.91 Å². The highest BCUT2D eigenvalue weighted by Gasteiger charge is 2.10. The fourth-order valence-corrected chi connectivity index (χ4v) is 2.74. The molecule has 0 aliphatic carbocycles. The molecule has 1 N–H and O–H groups in total. The normalized spacial score (nSPS) is 11.1. The van der Waals surface area contributed by atoms with Crippen molar-refractivity contribution >= 4 is 5.91 Å². The lowest BCUT2D eigenvalue weighted by molar-refractivity contribution is 0.0948. The molecule has 0 heterocycles. The molecule has 0 aliphatic heterocycles. The molecule has 0 aliphatic rings. The zero-order valence-electron chi connectivity index (χ0n) is 16.1. The van der Waals surface area contributed by atoms with Gasteiger partial charge >= 0.3 is 0 Å². The Labute approximate surface area is 157 Å². The highest BCUT2D eigenvalue weighted by molar-refractivity contribution is 5.94.